The van der Waals surface area contributed by atoms with Gasteiger partial charge in [-0.2, -0.15) is 0 Å². The predicted molar refractivity (Wildman–Crippen MR) is 73.4 cm³/mol. The van der Waals surface area contributed by atoms with Crippen LogP contribution in [0.1, 0.15) is 29.8 Å². The van der Waals surface area contributed by atoms with E-state index in [1.54, 1.807) is 0 Å². The largest absolute Gasteiger partial charge is 0.341 e. The Kier molecular flexibility index (Phi) is 2.92. The fourth-order valence-electron chi connectivity index (χ4n) is 2.26. The Bertz CT molecular complexity index is 532. The van der Waals surface area contributed by atoms with Crippen LogP contribution < -0.4 is 5.32 Å². The summed E-state index contributed by atoms with van der Waals surface area (Å²) in [5, 5.41) is 3.47. The molecule has 0 unspecified atom stereocenters. The first-order chi connectivity index (χ1) is 8.70. The van der Waals surface area contributed by atoms with Crippen LogP contribution in [0.2, 0.25) is 0 Å². The molecule has 0 amide bonds. The highest BCUT2D eigenvalue weighted by atomic mass is 15.0. The fourth-order valence-corrected chi connectivity index (χ4v) is 2.26. The number of rotatable bonds is 4. The minimum absolute atomic E-state index is 0.722. The van der Waals surface area contributed by atoms with Crippen LogP contribution in [0.4, 0.5) is 0 Å². The molecular weight excluding hydrogens is 222 g/mol. The molecule has 0 aliphatic heterocycles. The number of hydrogen-bond donors (Lipinski definition) is 2. The van der Waals surface area contributed by atoms with Crippen LogP contribution >= 0.6 is 0 Å². The van der Waals surface area contributed by atoms with Crippen LogP contribution in [0, 0.1) is 13.8 Å². The monoisotopic (exact) mass is 241 g/mol. The first-order valence-corrected chi connectivity index (χ1v) is 6.56. The molecule has 0 atom stereocenters. The molecule has 0 saturated heterocycles. The first kappa shape index (κ1) is 11.5. The standard InChI is InChI=1S/C15H19N3/c1-10-5-11(2)7-12(6-10)14-8-17-15(18-14)9-16-13-3-4-13/h5-8,13,16H,3-4,9H2,1-2H3,(H,17,18). The maximum Gasteiger partial charge on any atom is 0.120 e. The zero-order valence-electron chi connectivity index (χ0n) is 11.0. The Labute approximate surface area is 108 Å². The molecule has 1 heterocycles. The van der Waals surface area contributed by atoms with Crippen LogP contribution in [0.5, 0.6) is 0 Å². The average Bonchev–Trinajstić information content (AvgIpc) is 3.02. The SMILES string of the molecule is Cc1cc(C)cc(-c2cnc(CNC3CC3)[nH]2)c1. The molecule has 3 nitrogen and oxygen atoms in total. The number of imidazole rings is 1. The molecule has 1 saturated carbocycles. The van der Waals surface area contributed by atoms with Gasteiger partial charge in [0.15, 0.2) is 0 Å². The number of aromatic amines is 1. The minimum Gasteiger partial charge on any atom is -0.341 e. The summed E-state index contributed by atoms with van der Waals surface area (Å²) >= 11 is 0. The van der Waals surface area contributed by atoms with Crippen molar-refractivity contribution in [2.24, 2.45) is 0 Å². The molecule has 0 radical (unpaired) electrons. The van der Waals surface area contributed by atoms with Crippen LogP contribution in [0.15, 0.2) is 24.4 Å². The lowest BCUT2D eigenvalue weighted by Crippen LogP contribution is -2.16. The van der Waals surface area contributed by atoms with Crippen molar-refractivity contribution in [3.8, 4) is 11.3 Å². The molecule has 1 aromatic carbocycles. The third-order valence-corrected chi connectivity index (χ3v) is 3.30. The van der Waals surface area contributed by atoms with E-state index >= 15 is 0 Å². The average molecular weight is 241 g/mol. The van der Waals surface area contributed by atoms with E-state index in [-0.39, 0.29) is 0 Å². The van der Waals surface area contributed by atoms with Crippen LogP contribution in [0.25, 0.3) is 11.3 Å². The molecule has 1 aliphatic rings. The van der Waals surface area contributed by atoms with Gasteiger partial charge in [0, 0.05) is 11.6 Å². The number of hydrogen-bond acceptors (Lipinski definition) is 2. The van der Waals surface area contributed by atoms with Crippen molar-refractivity contribution in [3.63, 3.8) is 0 Å². The topological polar surface area (TPSA) is 40.7 Å². The van der Waals surface area contributed by atoms with E-state index in [4.69, 9.17) is 0 Å². The van der Waals surface area contributed by atoms with Gasteiger partial charge in [0.25, 0.3) is 0 Å². The number of aromatic nitrogens is 2. The number of benzene rings is 1. The molecule has 1 fully saturated rings. The highest BCUT2D eigenvalue weighted by Gasteiger charge is 2.20. The molecule has 1 aliphatic carbocycles. The summed E-state index contributed by atoms with van der Waals surface area (Å²) in [6.07, 6.45) is 4.55. The highest BCUT2D eigenvalue weighted by Crippen LogP contribution is 2.21. The third-order valence-electron chi connectivity index (χ3n) is 3.30. The molecule has 0 spiro atoms. The second-order valence-corrected chi connectivity index (χ2v) is 5.28. The minimum atomic E-state index is 0.722. The summed E-state index contributed by atoms with van der Waals surface area (Å²) < 4.78 is 0. The van der Waals surface area contributed by atoms with Crippen molar-refractivity contribution in [3.05, 3.63) is 41.3 Å². The fraction of sp³-hybridized carbons (Fsp3) is 0.400. The summed E-state index contributed by atoms with van der Waals surface area (Å²) in [5.74, 6) is 1.02. The summed E-state index contributed by atoms with van der Waals surface area (Å²) in [7, 11) is 0. The van der Waals surface area contributed by atoms with Crippen LogP contribution in [0.3, 0.4) is 0 Å². The molecule has 18 heavy (non-hydrogen) atoms. The van der Waals surface area contributed by atoms with Gasteiger partial charge in [0.1, 0.15) is 5.82 Å². The summed E-state index contributed by atoms with van der Waals surface area (Å²) in [5.41, 5.74) is 4.90. The van der Waals surface area contributed by atoms with Crippen LogP contribution in [-0.4, -0.2) is 16.0 Å². The molecule has 94 valence electrons. The molecule has 3 heteroatoms. The zero-order chi connectivity index (χ0) is 12.5. The zero-order valence-corrected chi connectivity index (χ0v) is 11.0. The highest BCUT2D eigenvalue weighted by molar-refractivity contribution is 5.60. The van der Waals surface area contributed by atoms with Gasteiger partial charge in [0.05, 0.1) is 18.4 Å². The molecule has 2 aromatic rings. The Hall–Kier alpha value is -1.61. The molecule has 1 aromatic heterocycles. The maximum atomic E-state index is 4.43. The Morgan fingerprint density at radius 3 is 2.61 bits per heavy atom. The van der Waals surface area contributed by atoms with Crippen molar-refractivity contribution in [1.29, 1.82) is 0 Å². The molecule has 2 N–H and O–H groups in total. The predicted octanol–water partition coefficient (Wildman–Crippen LogP) is 2.95. The maximum absolute atomic E-state index is 4.43. The van der Waals surface area contributed by atoms with Gasteiger partial charge in [-0.1, -0.05) is 17.2 Å². The van der Waals surface area contributed by atoms with Gasteiger partial charge < -0.3 is 10.3 Å². The molecular formula is C15H19N3. The van der Waals surface area contributed by atoms with Crippen molar-refractivity contribution in [1.82, 2.24) is 15.3 Å². The van der Waals surface area contributed by atoms with Crippen molar-refractivity contribution in [2.75, 3.05) is 0 Å². The second kappa shape index (κ2) is 4.58. The lowest BCUT2D eigenvalue weighted by Gasteiger charge is -2.02. The van der Waals surface area contributed by atoms with E-state index in [1.807, 2.05) is 6.20 Å². The number of aryl methyl sites for hydroxylation is 2. The third kappa shape index (κ3) is 2.62. The van der Waals surface area contributed by atoms with Gasteiger partial charge in [-0.3, -0.25) is 0 Å². The van der Waals surface area contributed by atoms with Crippen molar-refractivity contribution < 1.29 is 0 Å². The number of H-pyrrole nitrogens is 1. The van der Waals surface area contributed by atoms with Gasteiger partial charge in [-0.25, -0.2) is 4.98 Å². The number of nitrogens with one attached hydrogen (secondary N) is 2. The van der Waals surface area contributed by atoms with Gasteiger partial charge >= 0.3 is 0 Å². The summed E-state index contributed by atoms with van der Waals surface area (Å²) in [4.78, 5) is 7.83. The van der Waals surface area contributed by atoms with E-state index in [2.05, 4.69) is 47.3 Å². The van der Waals surface area contributed by atoms with E-state index in [1.165, 1.54) is 29.5 Å². The Balaban J connectivity index is 1.78. The summed E-state index contributed by atoms with van der Waals surface area (Å²) in [6, 6.07) is 7.30. The van der Waals surface area contributed by atoms with Crippen molar-refractivity contribution >= 4 is 0 Å². The lowest BCUT2D eigenvalue weighted by molar-refractivity contribution is 0.664. The van der Waals surface area contributed by atoms with Gasteiger partial charge in [-0.15, -0.1) is 0 Å². The van der Waals surface area contributed by atoms with E-state index in [0.29, 0.717) is 0 Å². The van der Waals surface area contributed by atoms with Crippen LogP contribution in [-0.2, 0) is 6.54 Å². The second-order valence-electron chi connectivity index (χ2n) is 5.28. The lowest BCUT2D eigenvalue weighted by atomic mass is 10.1. The van der Waals surface area contributed by atoms with E-state index in [0.717, 1.165) is 24.1 Å². The van der Waals surface area contributed by atoms with Gasteiger partial charge in [-0.05, 0) is 38.8 Å². The molecule has 3 rings (SSSR count). The Morgan fingerprint density at radius 2 is 1.94 bits per heavy atom. The normalized spacial score (nSPS) is 15.0. The smallest absolute Gasteiger partial charge is 0.120 e. The summed E-state index contributed by atoms with van der Waals surface area (Å²) in [6.45, 7) is 5.10. The quantitative estimate of drug-likeness (QED) is 0.864. The van der Waals surface area contributed by atoms with E-state index in [9.17, 15) is 0 Å². The molecule has 0 bridgehead atoms. The Morgan fingerprint density at radius 1 is 1.22 bits per heavy atom. The number of nitrogens with zero attached hydrogens (tertiary/aromatic N) is 1. The first-order valence-electron chi connectivity index (χ1n) is 6.56. The van der Waals surface area contributed by atoms with Crippen molar-refractivity contribution in [2.45, 2.75) is 39.3 Å². The van der Waals surface area contributed by atoms with Gasteiger partial charge in [0.2, 0.25) is 0 Å². The van der Waals surface area contributed by atoms with E-state index < -0.39 is 0 Å².